The molecule has 0 amide bonds. The SMILES string of the molecule is Nc1ccn(C2CC(CO)C(O)C2(F)F)c(=O)n1. The molecule has 0 aromatic carbocycles. The average Bonchev–Trinajstić information content (AvgIpc) is 2.52. The second-order valence-corrected chi connectivity index (χ2v) is 4.36. The topological polar surface area (TPSA) is 101 Å². The molecule has 4 N–H and O–H groups in total. The number of rotatable bonds is 2. The first-order chi connectivity index (χ1) is 8.37. The first-order valence-corrected chi connectivity index (χ1v) is 5.39. The minimum absolute atomic E-state index is 0.0585. The van der Waals surface area contributed by atoms with Crippen LogP contribution >= 0.6 is 0 Å². The first-order valence-electron chi connectivity index (χ1n) is 5.39. The molecule has 1 fully saturated rings. The van der Waals surface area contributed by atoms with E-state index in [1.807, 2.05) is 0 Å². The first kappa shape index (κ1) is 12.9. The van der Waals surface area contributed by atoms with Gasteiger partial charge in [-0.1, -0.05) is 0 Å². The fourth-order valence-electron chi connectivity index (χ4n) is 2.22. The number of aliphatic hydroxyl groups is 2. The summed E-state index contributed by atoms with van der Waals surface area (Å²) in [5.41, 5.74) is 4.38. The van der Waals surface area contributed by atoms with E-state index < -0.39 is 36.3 Å². The molecule has 3 unspecified atom stereocenters. The van der Waals surface area contributed by atoms with Gasteiger partial charge in [0, 0.05) is 18.7 Å². The smallest absolute Gasteiger partial charge is 0.349 e. The van der Waals surface area contributed by atoms with Crippen molar-refractivity contribution in [1.82, 2.24) is 9.55 Å². The Kier molecular flexibility index (Phi) is 3.07. The van der Waals surface area contributed by atoms with Crippen LogP contribution < -0.4 is 11.4 Å². The van der Waals surface area contributed by atoms with Crippen LogP contribution in [-0.4, -0.2) is 38.4 Å². The van der Waals surface area contributed by atoms with Gasteiger partial charge in [-0.05, 0) is 12.5 Å². The highest BCUT2D eigenvalue weighted by Gasteiger charge is 2.57. The van der Waals surface area contributed by atoms with Crippen LogP contribution in [0, 0.1) is 5.92 Å². The van der Waals surface area contributed by atoms with E-state index in [2.05, 4.69) is 4.98 Å². The molecule has 1 aliphatic rings. The van der Waals surface area contributed by atoms with Crippen molar-refractivity contribution in [3.63, 3.8) is 0 Å². The summed E-state index contributed by atoms with van der Waals surface area (Å²) in [5.74, 6) is -4.51. The van der Waals surface area contributed by atoms with E-state index in [1.165, 1.54) is 6.07 Å². The molecular formula is C10H13F2N3O3. The Morgan fingerprint density at radius 2 is 2.28 bits per heavy atom. The maximum atomic E-state index is 13.8. The summed E-state index contributed by atoms with van der Waals surface area (Å²) >= 11 is 0. The van der Waals surface area contributed by atoms with Crippen LogP contribution in [0.3, 0.4) is 0 Å². The van der Waals surface area contributed by atoms with Gasteiger partial charge in [0.2, 0.25) is 0 Å². The molecule has 3 atom stereocenters. The summed E-state index contributed by atoms with van der Waals surface area (Å²) in [7, 11) is 0. The molecule has 1 aliphatic carbocycles. The molecule has 100 valence electrons. The third-order valence-corrected chi connectivity index (χ3v) is 3.23. The van der Waals surface area contributed by atoms with Gasteiger partial charge in [-0.3, -0.25) is 4.57 Å². The number of hydrogen-bond donors (Lipinski definition) is 3. The number of aliphatic hydroxyl groups excluding tert-OH is 2. The highest BCUT2D eigenvalue weighted by atomic mass is 19.3. The molecular weight excluding hydrogens is 248 g/mol. The standard InChI is InChI=1S/C10H13F2N3O3/c11-10(12)6(3-5(4-16)8(10)17)15-2-1-7(13)14-9(15)18/h1-2,5-6,8,16-17H,3-4H2,(H2,13,14,18). The van der Waals surface area contributed by atoms with Gasteiger partial charge in [0.25, 0.3) is 5.92 Å². The lowest BCUT2D eigenvalue weighted by atomic mass is 10.1. The summed E-state index contributed by atoms with van der Waals surface area (Å²) in [5, 5.41) is 18.4. The molecule has 0 saturated heterocycles. The van der Waals surface area contributed by atoms with Crippen LogP contribution in [0.2, 0.25) is 0 Å². The Labute approximate surface area is 101 Å². The largest absolute Gasteiger partial charge is 0.396 e. The Morgan fingerprint density at radius 3 is 2.78 bits per heavy atom. The van der Waals surface area contributed by atoms with E-state index in [1.54, 1.807) is 0 Å². The van der Waals surface area contributed by atoms with Crippen molar-refractivity contribution in [2.75, 3.05) is 12.3 Å². The quantitative estimate of drug-likeness (QED) is 0.658. The zero-order valence-corrected chi connectivity index (χ0v) is 9.33. The summed E-state index contributed by atoms with van der Waals surface area (Å²) in [6, 6.07) is -0.291. The van der Waals surface area contributed by atoms with Gasteiger partial charge in [-0.2, -0.15) is 4.98 Å². The number of nitrogens with two attached hydrogens (primary N) is 1. The molecule has 1 saturated carbocycles. The minimum atomic E-state index is -3.49. The van der Waals surface area contributed by atoms with Crippen molar-refractivity contribution in [1.29, 1.82) is 0 Å². The maximum absolute atomic E-state index is 13.8. The molecule has 1 aromatic rings. The number of alkyl halides is 2. The van der Waals surface area contributed by atoms with Crippen LogP contribution in [0.25, 0.3) is 0 Å². The molecule has 1 aromatic heterocycles. The number of halogens is 2. The number of anilines is 1. The average molecular weight is 261 g/mol. The van der Waals surface area contributed by atoms with E-state index in [0.717, 1.165) is 10.8 Å². The Morgan fingerprint density at radius 1 is 1.61 bits per heavy atom. The van der Waals surface area contributed by atoms with Crippen molar-refractivity contribution in [2.45, 2.75) is 24.5 Å². The highest BCUT2D eigenvalue weighted by Crippen LogP contribution is 2.46. The zero-order chi connectivity index (χ0) is 13.5. The van der Waals surface area contributed by atoms with E-state index in [9.17, 15) is 18.7 Å². The van der Waals surface area contributed by atoms with Gasteiger partial charge in [0.1, 0.15) is 18.0 Å². The zero-order valence-electron chi connectivity index (χ0n) is 9.33. The lowest BCUT2D eigenvalue weighted by Gasteiger charge is -2.23. The Balaban J connectivity index is 2.42. The molecule has 8 heteroatoms. The molecule has 0 aliphatic heterocycles. The molecule has 6 nitrogen and oxygen atoms in total. The number of aromatic nitrogens is 2. The van der Waals surface area contributed by atoms with Crippen LogP contribution in [0.1, 0.15) is 12.5 Å². The molecule has 18 heavy (non-hydrogen) atoms. The van der Waals surface area contributed by atoms with Crippen molar-refractivity contribution >= 4 is 5.82 Å². The van der Waals surface area contributed by atoms with Gasteiger partial charge in [0.05, 0.1) is 0 Å². The Bertz CT molecular complexity index is 505. The third-order valence-electron chi connectivity index (χ3n) is 3.23. The number of nitrogens with zero attached hydrogens (tertiary/aromatic N) is 2. The Hall–Kier alpha value is -1.54. The number of hydrogen-bond acceptors (Lipinski definition) is 5. The van der Waals surface area contributed by atoms with Crippen LogP contribution in [0.4, 0.5) is 14.6 Å². The predicted octanol–water partition coefficient (Wildman–Crippen LogP) is -0.625. The van der Waals surface area contributed by atoms with Crippen molar-refractivity contribution in [3.8, 4) is 0 Å². The van der Waals surface area contributed by atoms with Crippen LogP contribution in [0.5, 0.6) is 0 Å². The van der Waals surface area contributed by atoms with Gasteiger partial charge in [-0.25, -0.2) is 13.6 Å². The third kappa shape index (κ3) is 1.87. The van der Waals surface area contributed by atoms with Crippen molar-refractivity contribution < 1.29 is 19.0 Å². The monoisotopic (exact) mass is 261 g/mol. The summed E-state index contributed by atoms with van der Waals surface area (Å²) in [6.45, 7) is -0.565. The van der Waals surface area contributed by atoms with Gasteiger partial charge in [0.15, 0.2) is 0 Å². The summed E-state index contributed by atoms with van der Waals surface area (Å²) in [6.07, 6.45) is -1.05. The van der Waals surface area contributed by atoms with E-state index in [-0.39, 0.29) is 12.2 Å². The molecule has 2 rings (SSSR count). The molecule has 0 spiro atoms. The van der Waals surface area contributed by atoms with E-state index >= 15 is 0 Å². The second kappa shape index (κ2) is 4.29. The molecule has 0 bridgehead atoms. The van der Waals surface area contributed by atoms with Gasteiger partial charge >= 0.3 is 5.69 Å². The van der Waals surface area contributed by atoms with Crippen LogP contribution in [-0.2, 0) is 0 Å². The lowest BCUT2D eigenvalue weighted by Crippen LogP contribution is -2.40. The summed E-state index contributed by atoms with van der Waals surface area (Å²) in [4.78, 5) is 14.9. The van der Waals surface area contributed by atoms with Gasteiger partial charge in [-0.15, -0.1) is 0 Å². The fourth-order valence-corrected chi connectivity index (χ4v) is 2.22. The molecule has 1 heterocycles. The predicted molar refractivity (Wildman–Crippen MR) is 58.1 cm³/mol. The maximum Gasteiger partial charge on any atom is 0.349 e. The van der Waals surface area contributed by atoms with Crippen molar-refractivity contribution in [2.24, 2.45) is 5.92 Å². The molecule has 0 radical (unpaired) electrons. The van der Waals surface area contributed by atoms with Gasteiger partial charge < -0.3 is 15.9 Å². The lowest BCUT2D eigenvalue weighted by molar-refractivity contribution is -0.123. The van der Waals surface area contributed by atoms with E-state index in [0.29, 0.717) is 0 Å². The fraction of sp³-hybridized carbons (Fsp3) is 0.600. The highest BCUT2D eigenvalue weighted by molar-refractivity contribution is 5.24. The van der Waals surface area contributed by atoms with Crippen molar-refractivity contribution in [3.05, 3.63) is 22.7 Å². The minimum Gasteiger partial charge on any atom is -0.396 e. The number of nitrogen functional groups attached to an aromatic ring is 1. The van der Waals surface area contributed by atoms with Crippen LogP contribution in [0.15, 0.2) is 17.1 Å². The summed E-state index contributed by atoms with van der Waals surface area (Å²) < 4.78 is 28.4. The normalized spacial score (nSPS) is 30.6. The van der Waals surface area contributed by atoms with E-state index in [4.69, 9.17) is 10.8 Å². The second-order valence-electron chi connectivity index (χ2n) is 4.36.